The van der Waals surface area contributed by atoms with E-state index in [1.165, 1.54) is 0 Å². The van der Waals surface area contributed by atoms with Crippen LogP contribution in [0.25, 0.3) is 0 Å². The summed E-state index contributed by atoms with van der Waals surface area (Å²) in [6.07, 6.45) is 2.29. The first kappa shape index (κ1) is 12.9. The first-order chi connectivity index (χ1) is 8.78. The summed E-state index contributed by atoms with van der Waals surface area (Å²) >= 11 is 0. The van der Waals surface area contributed by atoms with Crippen molar-refractivity contribution in [3.8, 4) is 11.7 Å². The van der Waals surface area contributed by atoms with Crippen molar-refractivity contribution < 1.29 is 14.0 Å². The van der Waals surface area contributed by atoms with Gasteiger partial charge in [0, 0.05) is 0 Å². The molecule has 2 rings (SSSR count). The van der Waals surface area contributed by atoms with Gasteiger partial charge in [-0.25, -0.2) is 0 Å². The fourth-order valence-corrected chi connectivity index (χ4v) is 1.43. The van der Waals surface area contributed by atoms with Crippen molar-refractivity contribution in [3.63, 3.8) is 0 Å². The standard InChI is InChI=1S/C10H13N4O3P/c11-10-13-8(12-7-1-2-7)5-9(14-10)17-4-3-16-6-18-15/h5,7H,1-4H2,(H3,11,12,13,14). The van der Waals surface area contributed by atoms with E-state index in [-0.39, 0.29) is 27.1 Å². The van der Waals surface area contributed by atoms with Gasteiger partial charge in [0.1, 0.15) is 0 Å². The Bertz CT molecular complexity index is 515. The molecule has 0 unspecified atom stereocenters. The van der Waals surface area contributed by atoms with Crippen LogP contribution in [0.15, 0.2) is 6.07 Å². The quantitative estimate of drug-likeness (QED) is 0.591. The number of anilines is 2. The van der Waals surface area contributed by atoms with Crippen molar-refractivity contribution in [1.82, 2.24) is 9.97 Å². The Kier molecular flexibility index (Phi) is 4.59. The van der Waals surface area contributed by atoms with Crippen LogP contribution in [0.1, 0.15) is 12.8 Å². The number of rotatable bonds is 6. The van der Waals surface area contributed by atoms with E-state index in [1.807, 2.05) is 0 Å². The van der Waals surface area contributed by atoms with Crippen LogP contribution in [0.3, 0.4) is 0 Å². The summed E-state index contributed by atoms with van der Waals surface area (Å²) in [6.45, 7) is 0.506. The molecule has 1 aromatic rings. The minimum absolute atomic E-state index is 0.160. The van der Waals surface area contributed by atoms with Crippen molar-refractivity contribution in [3.05, 3.63) is 6.07 Å². The van der Waals surface area contributed by atoms with Crippen molar-refractivity contribution in [2.75, 3.05) is 24.3 Å². The van der Waals surface area contributed by atoms with Crippen LogP contribution >= 0.6 is 7.92 Å². The fourth-order valence-electron chi connectivity index (χ4n) is 1.29. The fraction of sp³-hybridized carbons (Fsp3) is 0.500. The Hall–Kier alpha value is -1.55. The molecule has 1 aliphatic carbocycles. The van der Waals surface area contributed by atoms with Crippen molar-refractivity contribution in [2.24, 2.45) is 0 Å². The maximum absolute atomic E-state index is 10.0. The van der Waals surface area contributed by atoms with E-state index in [0.29, 0.717) is 17.7 Å². The molecule has 8 heteroatoms. The molecule has 0 saturated heterocycles. The summed E-state index contributed by atoms with van der Waals surface area (Å²) in [5.41, 5.74) is 5.58. The Labute approximate surface area is 105 Å². The first-order valence-electron chi connectivity index (χ1n) is 5.51. The van der Waals surface area contributed by atoms with Crippen LogP contribution < -0.4 is 15.8 Å². The average Bonchev–Trinajstić information content (AvgIpc) is 3.12. The molecule has 96 valence electrons. The second-order valence-electron chi connectivity index (χ2n) is 3.75. The van der Waals surface area contributed by atoms with E-state index >= 15 is 0 Å². The van der Waals surface area contributed by atoms with Gasteiger partial charge < -0.3 is 0 Å². The predicted molar refractivity (Wildman–Crippen MR) is 66.0 cm³/mol. The Morgan fingerprint density at radius 1 is 1.50 bits per heavy atom. The monoisotopic (exact) mass is 268 g/mol. The number of nitrogens with zero attached hydrogens (tertiary/aromatic N) is 2. The van der Waals surface area contributed by atoms with Crippen LogP contribution in [-0.4, -0.2) is 29.2 Å². The molecular formula is C10H13N4O3P. The van der Waals surface area contributed by atoms with Gasteiger partial charge in [-0.05, 0) is 0 Å². The molecule has 0 atom stereocenters. The van der Waals surface area contributed by atoms with Crippen molar-refractivity contribution >= 4 is 19.7 Å². The second kappa shape index (κ2) is 6.40. The number of hydrogen-bond acceptors (Lipinski definition) is 7. The molecule has 1 aliphatic rings. The van der Waals surface area contributed by atoms with Gasteiger partial charge in [0.05, 0.1) is 0 Å². The molecule has 0 radical (unpaired) electrons. The third-order valence-corrected chi connectivity index (χ3v) is 2.39. The zero-order valence-corrected chi connectivity index (χ0v) is 10.5. The van der Waals surface area contributed by atoms with E-state index in [1.54, 1.807) is 6.07 Å². The number of nitrogens with two attached hydrogens (primary N) is 1. The van der Waals surface area contributed by atoms with E-state index in [0.717, 1.165) is 12.8 Å². The minimum atomic E-state index is -0.282. The molecule has 3 N–H and O–H groups in total. The van der Waals surface area contributed by atoms with Crippen molar-refractivity contribution in [1.29, 1.82) is 0 Å². The topological polar surface area (TPSA) is 99.4 Å². The molecule has 7 nitrogen and oxygen atoms in total. The number of aromatic nitrogens is 2. The third-order valence-electron chi connectivity index (χ3n) is 2.19. The van der Waals surface area contributed by atoms with Gasteiger partial charge >= 0.3 is 105 Å². The van der Waals surface area contributed by atoms with Crippen LogP contribution in [-0.2, 0) is 9.30 Å². The van der Waals surface area contributed by atoms with E-state index in [2.05, 4.69) is 21.1 Å². The molecule has 0 spiro atoms. The summed E-state index contributed by atoms with van der Waals surface area (Å²) < 4.78 is 20.1. The summed E-state index contributed by atoms with van der Waals surface area (Å²) in [5, 5.41) is 3.21. The van der Waals surface area contributed by atoms with Gasteiger partial charge in [0.25, 0.3) is 0 Å². The van der Waals surface area contributed by atoms with E-state index < -0.39 is 0 Å². The van der Waals surface area contributed by atoms with E-state index in [9.17, 15) is 4.57 Å². The number of hydrogen-bond donors (Lipinski definition) is 2. The Balaban J connectivity index is 1.87. The van der Waals surface area contributed by atoms with Gasteiger partial charge in [-0.3, -0.25) is 0 Å². The zero-order valence-electron chi connectivity index (χ0n) is 9.63. The van der Waals surface area contributed by atoms with Crippen molar-refractivity contribution in [2.45, 2.75) is 18.9 Å². The Morgan fingerprint density at radius 2 is 2.33 bits per heavy atom. The van der Waals surface area contributed by atoms with E-state index in [4.69, 9.17) is 15.2 Å². The molecule has 0 aromatic carbocycles. The molecule has 1 heterocycles. The summed E-state index contributed by atoms with van der Waals surface area (Å²) in [5.74, 6) is 3.37. The van der Waals surface area contributed by atoms with Crippen LogP contribution in [0.5, 0.6) is 5.88 Å². The van der Waals surface area contributed by atoms with Crippen LogP contribution in [0.4, 0.5) is 11.8 Å². The summed E-state index contributed by atoms with van der Waals surface area (Å²) in [7, 11) is -0.282. The number of nitrogen functional groups attached to an aromatic ring is 1. The SMILES string of the molecule is Nc1nc(NC2CC2)cc(OCCOC#P=O)n1. The molecule has 0 amide bonds. The second-order valence-corrected chi connectivity index (χ2v) is 4.11. The van der Waals surface area contributed by atoms with Gasteiger partial charge in [0.2, 0.25) is 0 Å². The maximum atomic E-state index is 10.0. The Morgan fingerprint density at radius 3 is 3.06 bits per heavy atom. The number of nitrogens with one attached hydrogen (secondary N) is 1. The normalized spacial score (nSPS) is 13.8. The summed E-state index contributed by atoms with van der Waals surface area (Å²) in [6, 6.07) is 2.17. The van der Waals surface area contributed by atoms with Gasteiger partial charge in [0.15, 0.2) is 0 Å². The third kappa shape index (κ3) is 4.37. The van der Waals surface area contributed by atoms with Crippen LogP contribution in [0, 0.1) is 5.81 Å². The first-order valence-corrected chi connectivity index (χ1v) is 6.32. The van der Waals surface area contributed by atoms with Gasteiger partial charge in [-0.2, -0.15) is 0 Å². The molecule has 1 fully saturated rings. The van der Waals surface area contributed by atoms with Gasteiger partial charge in [-0.1, -0.05) is 0 Å². The van der Waals surface area contributed by atoms with Crippen LogP contribution in [0.2, 0.25) is 0 Å². The zero-order chi connectivity index (χ0) is 12.8. The predicted octanol–water partition coefficient (Wildman–Crippen LogP) is 1.24. The number of ether oxygens (including phenoxy) is 2. The molecule has 1 aromatic heterocycles. The molecular weight excluding hydrogens is 255 g/mol. The molecule has 0 aliphatic heterocycles. The van der Waals surface area contributed by atoms with Gasteiger partial charge in [-0.15, -0.1) is 0 Å². The summed E-state index contributed by atoms with van der Waals surface area (Å²) in [4.78, 5) is 8.01. The molecule has 0 bridgehead atoms. The average molecular weight is 268 g/mol. The molecule has 18 heavy (non-hydrogen) atoms. The molecule has 1 saturated carbocycles.